The molecule has 0 spiro atoms. The molecule has 0 saturated carbocycles. The normalized spacial score (nSPS) is 20.5. The van der Waals surface area contributed by atoms with E-state index in [1.54, 1.807) is 0 Å². The SMILES string of the molecule is CC(C)(C(N)=S)N1CCN(CCO)CC1. The summed E-state index contributed by atoms with van der Waals surface area (Å²) in [7, 11) is 0. The molecule has 1 heterocycles. The monoisotopic (exact) mass is 231 g/mol. The lowest BCUT2D eigenvalue weighted by Crippen LogP contribution is -2.59. The van der Waals surface area contributed by atoms with E-state index in [-0.39, 0.29) is 12.1 Å². The molecular weight excluding hydrogens is 210 g/mol. The molecule has 3 N–H and O–H groups in total. The number of hydrogen-bond acceptors (Lipinski definition) is 4. The van der Waals surface area contributed by atoms with Crippen LogP contribution >= 0.6 is 12.2 Å². The fourth-order valence-electron chi connectivity index (χ4n) is 1.83. The highest BCUT2D eigenvalue weighted by atomic mass is 32.1. The number of piperazine rings is 1. The Kier molecular flexibility index (Phi) is 4.45. The quantitative estimate of drug-likeness (QED) is 0.648. The van der Waals surface area contributed by atoms with Crippen LogP contribution in [-0.2, 0) is 0 Å². The fourth-order valence-corrected chi connectivity index (χ4v) is 1.96. The van der Waals surface area contributed by atoms with Crippen LogP contribution in [-0.4, -0.2) is 64.8 Å². The van der Waals surface area contributed by atoms with E-state index in [1.165, 1.54) is 0 Å². The van der Waals surface area contributed by atoms with Gasteiger partial charge >= 0.3 is 0 Å². The molecule has 1 fully saturated rings. The summed E-state index contributed by atoms with van der Waals surface area (Å²) >= 11 is 5.08. The third-order valence-electron chi connectivity index (χ3n) is 3.18. The molecule has 0 radical (unpaired) electrons. The highest BCUT2D eigenvalue weighted by Gasteiger charge is 2.31. The zero-order chi connectivity index (χ0) is 11.5. The largest absolute Gasteiger partial charge is 0.395 e. The summed E-state index contributed by atoms with van der Waals surface area (Å²) in [5.41, 5.74) is 5.54. The molecule has 0 unspecified atom stereocenters. The average Bonchev–Trinajstić information content (AvgIpc) is 2.19. The van der Waals surface area contributed by atoms with Gasteiger partial charge in [0.2, 0.25) is 0 Å². The summed E-state index contributed by atoms with van der Waals surface area (Å²) in [4.78, 5) is 5.12. The first-order valence-electron chi connectivity index (χ1n) is 5.36. The smallest absolute Gasteiger partial charge is 0.0928 e. The molecule has 0 aromatic rings. The Balaban J connectivity index is 2.46. The first-order chi connectivity index (χ1) is 6.98. The molecule has 0 bridgehead atoms. The maximum atomic E-state index is 8.84. The van der Waals surface area contributed by atoms with E-state index in [0.717, 1.165) is 32.7 Å². The van der Waals surface area contributed by atoms with Gasteiger partial charge in [-0.1, -0.05) is 12.2 Å². The molecular formula is C10H21N3OS. The van der Waals surface area contributed by atoms with Crippen LogP contribution < -0.4 is 5.73 Å². The number of β-amino-alcohol motifs (C(OH)–C–C–N with tert-alkyl or cyclic N) is 1. The number of thiocarbonyl (C=S) groups is 1. The van der Waals surface area contributed by atoms with E-state index in [0.29, 0.717) is 4.99 Å². The van der Waals surface area contributed by atoms with Gasteiger partial charge in [-0.05, 0) is 13.8 Å². The maximum absolute atomic E-state index is 8.84. The number of aliphatic hydroxyl groups excluding tert-OH is 1. The topological polar surface area (TPSA) is 52.7 Å². The Morgan fingerprint density at radius 1 is 1.33 bits per heavy atom. The van der Waals surface area contributed by atoms with Gasteiger partial charge in [-0.3, -0.25) is 9.80 Å². The van der Waals surface area contributed by atoms with Gasteiger partial charge in [0.05, 0.1) is 17.1 Å². The number of nitrogens with zero attached hydrogens (tertiary/aromatic N) is 2. The van der Waals surface area contributed by atoms with Gasteiger partial charge in [-0.2, -0.15) is 0 Å². The fraction of sp³-hybridized carbons (Fsp3) is 0.900. The molecule has 1 aliphatic rings. The van der Waals surface area contributed by atoms with E-state index in [9.17, 15) is 0 Å². The van der Waals surface area contributed by atoms with Crippen molar-refractivity contribution < 1.29 is 5.11 Å². The predicted octanol–water partition coefficient (Wildman–Crippen LogP) is -0.339. The Labute approximate surface area is 97.0 Å². The summed E-state index contributed by atoms with van der Waals surface area (Å²) in [5.74, 6) is 0. The molecule has 0 atom stereocenters. The molecule has 0 amide bonds. The van der Waals surface area contributed by atoms with Gasteiger partial charge in [0, 0.05) is 32.7 Å². The van der Waals surface area contributed by atoms with Crippen LogP contribution in [0.2, 0.25) is 0 Å². The number of aliphatic hydroxyl groups is 1. The predicted molar refractivity (Wildman–Crippen MR) is 66.0 cm³/mol. The zero-order valence-corrected chi connectivity index (χ0v) is 10.4. The first-order valence-corrected chi connectivity index (χ1v) is 5.77. The van der Waals surface area contributed by atoms with Crippen molar-refractivity contribution in [2.45, 2.75) is 19.4 Å². The summed E-state index contributed by atoms with van der Waals surface area (Å²) in [6.07, 6.45) is 0. The standard InChI is InChI=1S/C10H21N3OS/c1-10(2,9(11)15)13-5-3-12(4-6-13)7-8-14/h14H,3-8H2,1-2H3,(H2,11,15). The highest BCUT2D eigenvalue weighted by Crippen LogP contribution is 2.17. The van der Waals surface area contributed by atoms with Crippen molar-refractivity contribution in [3.05, 3.63) is 0 Å². The second-order valence-electron chi connectivity index (χ2n) is 4.48. The van der Waals surface area contributed by atoms with Gasteiger partial charge in [0.1, 0.15) is 0 Å². The van der Waals surface area contributed by atoms with Crippen molar-refractivity contribution in [1.82, 2.24) is 9.80 Å². The van der Waals surface area contributed by atoms with Gasteiger partial charge in [0.15, 0.2) is 0 Å². The molecule has 88 valence electrons. The van der Waals surface area contributed by atoms with Crippen molar-refractivity contribution in [1.29, 1.82) is 0 Å². The van der Waals surface area contributed by atoms with E-state index in [1.807, 2.05) is 0 Å². The number of rotatable bonds is 4. The molecule has 1 saturated heterocycles. The minimum absolute atomic E-state index is 0.194. The van der Waals surface area contributed by atoms with Crippen LogP contribution in [0.5, 0.6) is 0 Å². The summed E-state index contributed by atoms with van der Waals surface area (Å²) in [6.45, 7) is 9.02. The van der Waals surface area contributed by atoms with E-state index in [2.05, 4.69) is 23.6 Å². The summed E-state index contributed by atoms with van der Waals surface area (Å²) < 4.78 is 0. The highest BCUT2D eigenvalue weighted by molar-refractivity contribution is 7.80. The lowest BCUT2D eigenvalue weighted by Gasteiger charge is -2.43. The maximum Gasteiger partial charge on any atom is 0.0928 e. The number of hydrogen-bond donors (Lipinski definition) is 2. The molecule has 4 nitrogen and oxygen atoms in total. The summed E-state index contributed by atoms with van der Waals surface area (Å²) in [5, 5.41) is 8.84. The van der Waals surface area contributed by atoms with Crippen LogP contribution in [0, 0.1) is 0 Å². The zero-order valence-electron chi connectivity index (χ0n) is 9.57. The van der Waals surface area contributed by atoms with Crippen molar-refractivity contribution in [3.8, 4) is 0 Å². The first kappa shape index (κ1) is 12.8. The average molecular weight is 231 g/mol. The van der Waals surface area contributed by atoms with Gasteiger partial charge < -0.3 is 10.8 Å². The van der Waals surface area contributed by atoms with Gasteiger partial charge in [0.25, 0.3) is 0 Å². The lowest BCUT2D eigenvalue weighted by atomic mass is 10.0. The van der Waals surface area contributed by atoms with Crippen LogP contribution in [0.1, 0.15) is 13.8 Å². The Bertz CT molecular complexity index is 225. The number of nitrogens with two attached hydrogens (primary N) is 1. The van der Waals surface area contributed by atoms with Crippen LogP contribution in [0.15, 0.2) is 0 Å². The van der Waals surface area contributed by atoms with Crippen molar-refractivity contribution in [3.63, 3.8) is 0 Å². The van der Waals surface area contributed by atoms with E-state index in [4.69, 9.17) is 23.1 Å². The van der Waals surface area contributed by atoms with Gasteiger partial charge in [-0.25, -0.2) is 0 Å². The van der Waals surface area contributed by atoms with E-state index < -0.39 is 0 Å². The minimum Gasteiger partial charge on any atom is -0.395 e. The third kappa shape index (κ3) is 3.11. The van der Waals surface area contributed by atoms with Gasteiger partial charge in [-0.15, -0.1) is 0 Å². The minimum atomic E-state index is -0.194. The van der Waals surface area contributed by atoms with Crippen molar-refractivity contribution in [2.24, 2.45) is 5.73 Å². The van der Waals surface area contributed by atoms with Crippen LogP contribution in [0.25, 0.3) is 0 Å². The second-order valence-corrected chi connectivity index (χ2v) is 4.92. The van der Waals surface area contributed by atoms with E-state index >= 15 is 0 Å². The summed E-state index contributed by atoms with van der Waals surface area (Å²) in [6, 6.07) is 0. The van der Waals surface area contributed by atoms with Crippen LogP contribution in [0.4, 0.5) is 0 Å². The molecule has 0 aliphatic carbocycles. The molecule has 15 heavy (non-hydrogen) atoms. The molecule has 1 rings (SSSR count). The van der Waals surface area contributed by atoms with Crippen LogP contribution in [0.3, 0.4) is 0 Å². The van der Waals surface area contributed by atoms with Crippen molar-refractivity contribution >= 4 is 17.2 Å². The molecule has 0 aromatic heterocycles. The Morgan fingerprint density at radius 3 is 2.27 bits per heavy atom. The Hall–Kier alpha value is -0.230. The lowest BCUT2D eigenvalue weighted by molar-refractivity contribution is 0.0753. The van der Waals surface area contributed by atoms with Crippen molar-refractivity contribution in [2.75, 3.05) is 39.3 Å². The molecule has 0 aromatic carbocycles. The Morgan fingerprint density at radius 2 is 1.87 bits per heavy atom. The molecule has 5 heteroatoms. The third-order valence-corrected chi connectivity index (χ3v) is 3.68. The second kappa shape index (κ2) is 5.21. The molecule has 1 aliphatic heterocycles.